The van der Waals surface area contributed by atoms with E-state index in [2.05, 4.69) is 10.3 Å². The molecule has 1 saturated heterocycles. The molecular weight excluding hydrogens is 344 g/mol. The number of nitrogens with one attached hydrogen (secondary N) is 1. The van der Waals surface area contributed by atoms with E-state index in [1.54, 1.807) is 7.11 Å². The highest BCUT2D eigenvalue weighted by atomic mass is 32.2. The first-order chi connectivity index (χ1) is 12.7. The molecule has 0 bridgehead atoms. The van der Waals surface area contributed by atoms with E-state index < -0.39 is 0 Å². The maximum absolute atomic E-state index is 12.3. The molecule has 0 radical (unpaired) electrons. The number of hydrogen-bond acceptors (Lipinski definition) is 4. The molecule has 3 aromatic carbocycles. The van der Waals surface area contributed by atoms with Gasteiger partial charge in [0.2, 0.25) is 0 Å². The second-order valence-corrected chi connectivity index (χ2v) is 6.75. The zero-order chi connectivity index (χ0) is 17.9. The highest BCUT2D eigenvalue weighted by Gasteiger charge is 2.24. The van der Waals surface area contributed by atoms with E-state index in [4.69, 9.17) is 4.74 Å². The van der Waals surface area contributed by atoms with Crippen molar-refractivity contribution in [3.8, 4) is 5.75 Å². The molecule has 0 atom stereocenters. The minimum absolute atomic E-state index is 0.153. The highest BCUT2D eigenvalue weighted by molar-refractivity contribution is 8.18. The van der Waals surface area contributed by atoms with Crippen LogP contribution in [0.2, 0.25) is 0 Å². The summed E-state index contributed by atoms with van der Waals surface area (Å²) in [6.45, 7) is 0. The van der Waals surface area contributed by atoms with E-state index in [9.17, 15) is 4.79 Å². The van der Waals surface area contributed by atoms with E-state index in [0.29, 0.717) is 10.1 Å². The molecule has 0 unspecified atom stereocenters. The number of methoxy groups -OCH3 is 1. The molecule has 128 valence electrons. The minimum atomic E-state index is -0.153. The summed E-state index contributed by atoms with van der Waals surface area (Å²) in [5, 5.41) is 5.59. The maximum atomic E-state index is 12.3. The summed E-state index contributed by atoms with van der Waals surface area (Å²) in [6, 6.07) is 21.6. The number of ether oxygens (including phenoxy) is 1. The van der Waals surface area contributed by atoms with Crippen molar-refractivity contribution in [2.75, 3.05) is 7.11 Å². The Hall–Kier alpha value is -3.05. The number of carbonyl (C=O) groups is 1. The SMILES string of the molecule is COc1ccccc1C=C1SC(=Nc2cccc3ccccc23)NC1=O. The van der Waals surface area contributed by atoms with Gasteiger partial charge in [-0.05, 0) is 35.4 Å². The van der Waals surface area contributed by atoms with Gasteiger partial charge in [-0.1, -0.05) is 54.6 Å². The topological polar surface area (TPSA) is 50.7 Å². The second kappa shape index (κ2) is 7.06. The lowest BCUT2D eigenvalue weighted by Crippen LogP contribution is -2.19. The van der Waals surface area contributed by atoms with Crippen LogP contribution in [0.3, 0.4) is 0 Å². The standard InChI is InChI=1S/C21H16N2O2S/c1-25-18-12-5-3-8-15(18)13-19-20(24)23-21(26-19)22-17-11-6-9-14-7-2-4-10-16(14)17/h2-13H,1H3,(H,22,23,24). The summed E-state index contributed by atoms with van der Waals surface area (Å²) in [7, 11) is 1.62. The van der Waals surface area contributed by atoms with Gasteiger partial charge in [-0.25, -0.2) is 4.99 Å². The molecule has 1 amide bonds. The van der Waals surface area contributed by atoms with Crippen molar-refractivity contribution in [3.63, 3.8) is 0 Å². The number of hydrogen-bond donors (Lipinski definition) is 1. The van der Waals surface area contributed by atoms with Crippen LogP contribution in [0.5, 0.6) is 5.75 Å². The molecule has 1 N–H and O–H groups in total. The summed E-state index contributed by atoms with van der Waals surface area (Å²) in [5.74, 6) is 0.577. The van der Waals surface area contributed by atoms with Crippen LogP contribution in [0.15, 0.2) is 76.6 Å². The van der Waals surface area contributed by atoms with Gasteiger partial charge in [-0.3, -0.25) is 4.79 Å². The first kappa shape index (κ1) is 16.4. The van der Waals surface area contributed by atoms with Gasteiger partial charge in [-0.2, -0.15) is 0 Å². The number of para-hydroxylation sites is 1. The smallest absolute Gasteiger partial charge is 0.264 e. The first-order valence-corrected chi connectivity index (χ1v) is 8.96. The summed E-state index contributed by atoms with van der Waals surface area (Å²) in [4.78, 5) is 17.6. The molecule has 4 nitrogen and oxygen atoms in total. The molecule has 1 aliphatic rings. The van der Waals surface area contributed by atoms with Crippen LogP contribution in [0, 0.1) is 0 Å². The van der Waals surface area contributed by atoms with Crippen LogP contribution in [0.1, 0.15) is 5.56 Å². The summed E-state index contributed by atoms with van der Waals surface area (Å²) in [6.07, 6.45) is 1.82. The van der Waals surface area contributed by atoms with Gasteiger partial charge in [0, 0.05) is 10.9 Å². The summed E-state index contributed by atoms with van der Waals surface area (Å²) < 4.78 is 5.35. The fourth-order valence-corrected chi connectivity index (χ4v) is 3.65. The van der Waals surface area contributed by atoms with Crippen molar-refractivity contribution in [2.24, 2.45) is 4.99 Å². The average molecular weight is 360 g/mol. The van der Waals surface area contributed by atoms with E-state index in [-0.39, 0.29) is 5.91 Å². The number of fused-ring (bicyclic) bond motifs is 1. The van der Waals surface area contributed by atoms with Crippen molar-refractivity contribution in [3.05, 3.63) is 77.2 Å². The number of aliphatic imine (C=N–C) groups is 1. The van der Waals surface area contributed by atoms with Crippen LogP contribution < -0.4 is 10.1 Å². The fraction of sp³-hybridized carbons (Fsp3) is 0.0476. The fourth-order valence-electron chi connectivity index (χ4n) is 2.82. The Morgan fingerprint density at radius 1 is 1.00 bits per heavy atom. The Morgan fingerprint density at radius 2 is 1.77 bits per heavy atom. The van der Waals surface area contributed by atoms with Gasteiger partial charge in [0.25, 0.3) is 5.91 Å². The Kier molecular flexibility index (Phi) is 4.46. The number of carbonyl (C=O) groups excluding carboxylic acids is 1. The second-order valence-electron chi connectivity index (χ2n) is 5.72. The predicted molar refractivity (Wildman–Crippen MR) is 108 cm³/mol. The molecule has 5 heteroatoms. The third-order valence-electron chi connectivity index (χ3n) is 4.07. The largest absolute Gasteiger partial charge is 0.496 e. The zero-order valence-electron chi connectivity index (χ0n) is 14.1. The molecule has 3 aromatic rings. The van der Waals surface area contributed by atoms with Gasteiger partial charge < -0.3 is 10.1 Å². The number of rotatable bonds is 3. The molecule has 1 heterocycles. The quantitative estimate of drug-likeness (QED) is 0.687. The average Bonchev–Trinajstić information content (AvgIpc) is 3.01. The third-order valence-corrected chi connectivity index (χ3v) is 4.97. The van der Waals surface area contributed by atoms with E-state index in [1.807, 2.05) is 72.8 Å². The van der Waals surface area contributed by atoms with Crippen LogP contribution in [0.4, 0.5) is 5.69 Å². The van der Waals surface area contributed by atoms with Crippen molar-refractivity contribution in [1.29, 1.82) is 0 Å². The van der Waals surface area contributed by atoms with Crippen LogP contribution in [-0.4, -0.2) is 18.2 Å². The van der Waals surface area contributed by atoms with Gasteiger partial charge in [0.1, 0.15) is 5.75 Å². The molecule has 1 fully saturated rings. The Morgan fingerprint density at radius 3 is 2.65 bits per heavy atom. The van der Waals surface area contributed by atoms with E-state index >= 15 is 0 Å². The van der Waals surface area contributed by atoms with Crippen molar-refractivity contribution >= 4 is 45.4 Å². The van der Waals surface area contributed by atoms with Crippen molar-refractivity contribution in [2.45, 2.75) is 0 Å². The summed E-state index contributed by atoms with van der Waals surface area (Å²) in [5.41, 5.74) is 1.70. The maximum Gasteiger partial charge on any atom is 0.264 e. The third kappa shape index (κ3) is 3.21. The van der Waals surface area contributed by atoms with Gasteiger partial charge in [-0.15, -0.1) is 0 Å². The molecule has 4 rings (SSSR count). The number of benzene rings is 3. The van der Waals surface area contributed by atoms with Crippen molar-refractivity contribution < 1.29 is 9.53 Å². The van der Waals surface area contributed by atoms with Crippen LogP contribution >= 0.6 is 11.8 Å². The summed E-state index contributed by atoms with van der Waals surface area (Å²) >= 11 is 1.33. The highest BCUT2D eigenvalue weighted by Crippen LogP contribution is 2.32. The lowest BCUT2D eigenvalue weighted by Gasteiger charge is -2.03. The van der Waals surface area contributed by atoms with Gasteiger partial charge >= 0.3 is 0 Å². The van der Waals surface area contributed by atoms with Crippen molar-refractivity contribution in [1.82, 2.24) is 5.32 Å². The predicted octanol–water partition coefficient (Wildman–Crippen LogP) is 4.74. The molecule has 1 aliphatic heterocycles. The molecule has 0 spiro atoms. The Balaban J connectivity index is 1.67. The monoisotopic (exact) mass is 360 g/mol. The van der Waals surface area contributed by atoms with Gasteiger partial charge in [0.05, 0.1) is 17.7 Å². The number of amidine groups is 1. The molecule has 0 aliphatic carbocycles. The molecule has 0 saturated carbocycles. The molecular formula is C21H16N2O2S. The minimum Gasteiger partial charge on any atom is -0.496 e. The molecule has 26 heavy (non-hydrogen) atoms. The lowest BCUT2D eigenvalue weighted by molar-refractivity contribution is -0.115. The number of nitrogens with zero attached hydrogens (tertiary/aromatic N) is 1. The number of thioether (sulfide) groups is 1. The van der Waals surface area contributed by atoms with Crippen LogP contribution in [-0.2, 0) is 4.79 Å². The lowest BCUT2D eigenvalue weighted by atomic mass is 10.1. The number of amides is 1. The first-order valence-electron chi connectivity index (χ1n) is 8.15. The van der Waals surface area contributed by atoms with E-state index in [1.165, 1.54) is 11.8 Å². The van der Waals surface area contributed by atoms with Gasteiger partial charge in [0.15, 0.2) is 5.17 Å². The van der Waals surface area contributed by atoms with Crippen LogP contribution in [0.25, 0.3) is 16.8 Å². The normalized spacial score (nSPS) is 17.0. The Bertz CT molecular complexity index is 1050. The van der Waals surface area contributed by atoms with E-state index in [0.717, 1.165) is 27.8 Å². The Labute approximate surface area is 155 Å². The zero-order valence-corrected chi connectivity index (χ0v) is 14.9. The molecule has 0 aromatic heterocycles.